The highest BCUT2D eigenvalue weighted by Gasteiger charge is 2.19. The molecular weight excluding hydrogens is 394 g/mol. The number of rotatable bonds is 3. The molecule has 0 saturated carbocycles. The van der Waals surface area contributed by atoms with E-state index in [0.29, 0.717) is 10.2 Å². The summed E-state index contributed by atoms with van der Waals surface area (Å²) in [4.78, 5) is 26.3. The minimum Gasteiger partial charge on any atom is -0.321 e. The van der Waals surface area contributed by atoms with Crippen molar-refractivity contribution in [3.63, 3.8) is 0 Å². The van der Waals surface area contributed by atoms with E-state index in [4.69, 9.17) is 0 Å². The number of hydrogen-bond donors (Lipinski definition) is 1. The molecule has 0 bridgehead atoms. The number of amides is 1. The van der Waals surface area contributed by atoms with Crippen LogP contribution in [-0.2, 0) is 0 Å². The Morgan fingerprint density at radius 3 is 2.70 bits per heavy atom. The lowest BCUT2D eigenvalue weighted by atomic mass is 10.2. The molecule has 0 saturated heterocycles. The molecule has 1 aromatic carbocycles. The molecule has 0 aliphatic heterocycles. The lowest BCUT2D eigenvalue weighted by Gasteiger charge is -2.08. The summed E-state index contributed by atoms with van der Waals surface area (Å²) in [5, 5.41) is 13.5. The van der Waals surface area contributed by atoms with Crippen LogP contribution in [0.4, 0.5) is 11.4 Å². The molecule has 2 aromatic rings. The Morgan fingerprint density at radius 1 is 1.30 bits per heavy atom. The first-order valence-electron chi connectivity index (χ1n) is 5.34. The fourth-order valence-corrected chi connectivity index (χ4v) is 2.44. The fraction of sp³-hybridized carbons (Fsp3) is 0. The van der Waals surface area contributed by atoms with Gasteiger partial charge in [-0.25, -0.2) is 0 Å². The normalized spacial score (nSPS) is 10.1. The van der Waals surface area contributed by atoms with Crippen LogP contribution in [0.5, 0.6) is 0 Å². The molecule has 0 spiro atoms. The summed E-state index contributed by atoms with van der Waals surface area (Å²) < 4.78 is 0.766. The average Bonchev–Trinajstić information content (AvgIpc) is 2.41. The van der Waals surface area contributed by atoms with Crippen molar-refractivity contribution in [2.24, 2.45) is 0 Å². The zero-order valence-electron chi connectivity index (χ0n) is 9.84. The maximum Gasteiger partial charge on any atom is 0.284 e. The van der Waals surface area contributed by atoms with Crippen molar-refractivity contribution >= 4 is 49.1 Å². The number of halogens is 2. The van der Waals surface area contributed by atoms with Crippen LogP contribution in [0.2, 0.25) is 0 Å². The van der Waals surface area contributed by atoms with Crippen LogP contribution < -0.4 is 5.32 Å². The number of anilines is 1. The number of carbonyl (C=O) groups excluding carboxylic acids is 1. The number of nitrogens with one attached hydrogen (secondary N) is 1. The molecule has 0 atom stereocenters. The molecule has 0 aliphatic rings. The third-order valence-corrected chi connectivity index (χ3v) is 3.91. The van der Waals surface area contributed by atoms with Crippen molar-refractivity contribution < 1.29 is 9.72 Å². The van der Waals surface area contributed by atoms with Crippen molar-refractivity contribution in [2.75, 3.05) is 5.32 Å². The topological polar surface area (TPSA) is 85.1 Å². The Morgan fingerprint density at radius 2 is 2.05 bits per heavy atom. The monoisotopic (exact) mass is 399 g/mol. The molecule has 1 heterocycles. The maximum atomic E-state index is 12.2. The highest BCUT2D eigenvalue weighted by atomic mass is 79.9. The number of nitrogens with zero attached hydrogens (tertiary/aromatic N) is 2. The predicted octanol–water partition coefficient (Wildman–Crippen LogP) is 3.77. The van der Waals surface area contributed by atoms with Crippen molar-refractivity contribution in [1.82, 2.24) is 4.98 Å². The van der Waals surface area contributed by atoms with Crippen LogP contribution in [0, 0.1) is 10.1 Å². The average molecular weight is 401 g/mol. The van der Waals surface area contributed by atoms with Gasteiger partial charge >= 0.3 is 0 Å². The van der Waals surface area contributed by atoms with Gasteiger partial charge in [0, 0.05) is 18.5 Å². The van der Waals surface area contributed by atoms with E-state index in [2.05, 4.69) is 42.2 Å². The molecule has 1 N–H and O–H groups in total. The standard InChI is InChI=1S/C12H7Br2N3O3/c13-8-6-15-5-4-9(8)16-12(18)7-2-1-3-10(11(7)14)17(19)20/h1-6H,(H,15,16,18). The number of nitro groups is 1. The van der Waals surface area contributed by atoms with Crippen LogP contribution >= 0.6 is 31.9 Å². The van der Waals surface area contributed by atoms with Gasteiger partial charge < -0.3 is 5.32 Å². The number of carbonyl (C=O) groups is 1. The van der Waals surface area contributed by atoms with Gasteiger partial charge in [0.05, 0.1) is 20.6 Å². The second-order valence-corrected chi connectivity index (χ2v) is 5.35. The summed E-state index contributed by atoms with van der Waals surface area (Å²) in [6, 6.07) is 5.90. The van der Waals surface area contributed by atoms with Crippen molar-refractivity contribution in [1.29, 1.82) is 0 Å². The number of aromatic nitrogens is 1. The first-order chi connectivity index (χ1) is 9.50. The molecular formula is C12H7Br2N3O3. The van der Waals surface area contributed by atoms with Gasteiger partial charge in [-0.05, 0) is 44.0 Å². The van der Waals surface area contributed by atoms with Crippen molar-refractivity contribution in [3.8, 4) is 0 Å². The fourth-order valence-electron chi connectivity index (χ4n) is 1.50. The lowest BCUT2D eigenvalue weighted by molar-refractivity contribution is -0.385. The predicted molar refractivity (Wildman–Crippen MR) is 80.7 cm³/mol. The third-order valence-electron chi connectivity index (χ3n) is 2.44. The quantitative estimate of drug-likeness (QED) is 0.627. The highest BCUT2D eigenvalue weighted by Crippen LogP contribution is 2.29. The summed E-state index contributed by atoms with van der Waals surface area (Å²) in [5.74, 6) is -0.451. The SMILES string of the molecule is O=C(Nc1ccncc1Br)c1cccc([N+](=O)[O-])c1Br. The molecule has 1 aromatic heterocycles. The number of pyridine rings is 1. The molecule has 0 fully saturated rings. The van der Waals surface area contributed by atoms with E-state index in [1.165, 1.54) is 30.6 Å². The number of hydrogen-bond acceptors (Lipinski definition) is 4. The van der Waals surface area contributed by atoms with Gasteiger partial charge in [-0.15, -0.1) is 0 Å². The van der Waals surface area contributed by atoms with E-state index in [9.17, 15) is 14.9 Å². The van der Waals surface area contributed by atoms with Gasteiger partial charge in [0.2, 0.25) is 0 Å². The molecule has 0 unspecified atom stereocenters. The van der Waals surface area contributed by atoms with E-state index in [1.807, 2.05) is 0 Å². The zero-order valence-corrected chi connectivity index (χ0v) is 13.0. The number of benzene rings is 1. The largest absolute Gasteiger partial charge is 0.321 e. The van der Waals surface area contributed by atoms with E-state index < -0.39 is 10.8 Å². The Hall–Kier alpha value is -1.80. The molecule has 20 heavy (non-hydrogen) atoms. The molecule has 102 valence electrons. The Kier molecular flexibility index (Phi) is 4.46. The number of nitro benzene ring substituents is 1. The van der Waals surface area contributed by atoms with E-state index in [-0.39, 0.29) is 15.7 Å². The molecule has 0 aliphatic carbocycles. The van der Waals surface area contributed by atoms with Crippen LogP contribution in [0.25, 0.3) is 0 Å². The van der Waals surface area contributed by atoms with Crippen LogP contribution in [-0.4, -0.2) is 15.8 Å². The van der Waals surface area contributed by atoms with Gasteiger partial charge in [0.1, 0.15) is 4.47 Å². The molecule has 1 amide bonds. The summed E-state index contributed by atoms with van der Waals surface area (Å²) in [6.07, 6.45) is 3.07. The molecule has 0 radical (unpaired) electrons. The van der Waals surface area contributed by atoms with E-state index in [0.717, 1.165) is 0 Å². The summed E-state index contributed by atoms with van der Waals surface area (Å²) in [6.45, 7) is 0. The Labute approximate surface area is 130 Å². The van der Waals surface area contributed by atoms with Crippen LogP contribution in [0.15, 0.2) is 45.6 Å². The van der Waals surface area contributed by atoms with Gasteiger partial charge in [-0.1, -0.05) is 6.07 Å². The Balaban J connectivity index is 2.33. The van der Waals surface area contributed by atoms with E-state index >= 15 is 0 Å². The maximum absolute atomic E-state index is 12.2. The van der Waals surface area contributed by atoms with Crippen molar-refractivity contribution in [2.45, 2.75) is 0 Å². The molecule has 2 rings (SSSR count). The van der Waals surface area contributed by atoms with Crippen LogP contribution in [0.3, 0.4) is 0 Å². The molecule has 6 nitrogen and oxygen atoms in total. The second kappa shape index (κ2) is 6.10. The minimum atomic E-state index is -0.552. The van der Waals surface area contributed by atoms with E-state index in [1.54, 1.807) is 6.07 Å². The second-order valence-electron chi connectivity index (χ2n) is 3.71. The summed E-state index contributed by atoms with van der Waals surface area (Å²) >= 11 is 6.34. The molecule has 8 heteroatoms. The van der Waals surface area contributed by atoms with Gasteiger partial charge in [-0.2, -0.15) is 0 Å². The van der Waals surface area contributed by atoms with Gasteiger partial charge in [0.25, 0.3) is 11.6 Å². The first kappa shape index (κ1) is 14.6. The van der Waals surface area contributed by atoms with Crippen LogP contribution in [0.1, 0.15) is 10.4 Å². The summed E-state index contributed by atoms with van der Waals surface area (Å²) in [7, 11) is 0. The minimum absolute atomic E-state index is 0.146. The van der Waals surface area contributed by atoms with Gasteiger partial charge in [0.15, 0.2) is 0 Å². The smallest absolute Gasteiger partial charge is 0.284 e. The third kappa shape index (κ3) is 3.02. The summed E-state index contributed by atoms with van der Waals surface area (Å²) in [5.41, 5.74) is 0.553. The van der Waals surface area contributed by atoms with Crippen molar-refractivity contribution in [3.05, 3.63) is 61.3 Å². The highest BCUT2D eigenvalue weighted by molar-refractivity contribution is 9.11. The van der Waals surface area contributed by atoms with Gasteiger partial charge in [-0.3, -0.25) is 19.9 Å². The lowest BCUT2D eigenvalue weighted by Crippen LogP contribution is -2.13. The Bertz CT molecular complexity index is 691. The zero-order chi connectivity index (χ0) is 14.7. The first-order valence-corrected chi connectivity index (χ1v) is 6.93.